The number of rotatable bonds is 17. The monoisotopic (exact) mass is 1680 g/mol. The number of nitrogen functional groups attached to an aromatic ring is 1. The van der Waals surface area contributed by atoms with Crippen molar-refractivity contribution in [3.8, 4) is 23.0 Å². The number of methoxy groups -OCH3 is 4. The van der Waals surface area contributed by atoms with Crippen molar-refractivity contribution in [1.29, 1.82) is 0 Å². The second-order valence-electron chi connectivity index (χ2n) is 24.9. The number of aromatic amines is 1. The van der Waals surface area contributed by atoms with Gasteiger partial charge in [-0.3, -0.25) is 52.1 Å². The van der Waals surface area contributed by atoms with E-state index in [0.29, 0.717) is 95.0 Å². The van der Waals surface area contributed by atoms with E-state index in [1.54, 1.807) is 140 Å². The third kappa shape index (κ3) is 20.9. The van der Waals surface area contributed by atoms with Crippen LogP contribution in [-0.4, -0.2) is 111 Å². The van der Waals surface area contributed by atoms with Gasteiger partial charge in [0.15, 0.2) is 0 Å². The number of nitrogens with one attached hydrogen (secondary N) is 7. The van der Waals surface area contributed by atoms with Crippen LogP contribution in [0.25, 0.3) is 0 Å². The maximum Gasteiger partial charge on any atom is 1.00 e. The quantitative estimate of drug-likeness (QED) is 0.0317. The first-order valence-electron chi connectivity index (χ1n) is 31.9. The zero-order chi connectivity index (χ0) is 77.2. The first-order chi connectivity index (χ1) is 48.9. The molecule has 0 unspecified atom stereocenters. The van der Waals surface area contributed by atoms with E-state index in [1.807, 2.05) is 44.2 Å². The van der Waals surface area contributed by atoms with Crippen LogP contribution in [0.3, 0.4) is 0 Å². The number of aromatic nitrogens is 6. The van der Waals surface area contributed by atoms with Crippen LogP contribution >= 0.6 is 47.8 Å². The number of benzene rings is 2. The van der Waals surface area contributed by atoms with Crippen LogP contribution in [0.5, 0.6) is 23.0 Å². The molecule has 576 valence electrons. The molecule has 4 amide bonds. The van der Waals surface area contributed by atoms with Crippen molar-refractivity contribution in [3.63, 3.8) is 0 Å². The van der Waals surface area contributed by atoms with E-state index in [-0.39, 0.29) is 109 Å². The minimum absolute atomic E-state index is 0. The molecule has 9 heterocycles. The molecule has 0 aliphatic carbocycles. The summed E-state index contributed by atoms with van der Waals surface area (Å²) >= 11 is 9.43. The van der Waals surface area contributed by atoms with Gasteiger partial charge in [-0.2, -0.15) is 0 Å². The van der Waals surface area contributed by atoms with Crippen LogP contribution in [0.2, 0.25) is 0 Å². The van der Waals surface area contributed by atoms with Gasteiger partial charge in [0, 0.05) is 60.9 Å². The number of primary amides is 1. The number of anilines is 5. The topological polar surface area (TPSA) is 437 Å². The molecule has 3 aliphatic rings. The number of H-pyrrole nitrogens is 1. The van der Waals surface area contributed by atoms with E-state index < -0.39 is 40.4 Å². The Labute approximate surface area is 661 Å². The Morgan fingerprint density at radius 3 is 1.29 bits per heavy atom. The number of nitrogens with zero attached hydrogens (tertiary/aromatic N) is 5. The molecule has 35 heteroatoms. The van der Waals surface area contributed by atoms with Gasteiger partial charge in [-0.15, -0.1) is 0 Å². The largest absolute Gasteiger partial charge is 1.00 e. The summed E-state index contributed by atoms with van der Waals surface area (Å²) in [4.78, 5) is 130. The molecule has 31 nitrogen and oxygen atoms in total. The maximum absolute atomic E-state index is 13.4. The summed E-state index contributed by atoms with van der Waals surface area (Å²) in [6.07, 6.45) is 2.79. The van der Waals surface area contributed by atoms with Crippen molar-refractivity contribution >= 4 is 112 Å². The minimum Gasteiger partial charge on any atom is -0.870 e. The molecular formula is C73H90Br3LiN14O17. The molecule has 0 radical (unpaired) electrons. The zero-order valence-corrected chi connectivity index (χ0v) is 66.2. The van der Waals surface area contributed by atoms with E-state index in [2.05, 4.69) is 94.6 Å². The van der Waals surface area contributed by atoms with E-state index >= 15 is 0 Å². The molecule has 2 aromatic carbocycles. The van der Waals surface area contributed by atoms with E-state index in [4.69, 9.17) is 39.9 Å². The molecule has 108 heavy (non-hydrogen) atoms. The summed E-state index contributed by atoms with van der Waals surface area (Å²) in [5.41, 5.74) is 14.9. The number of fused-ring (bicyclic) bond motifs is 3. The summed E-state index contributed by atoms with van der Waals surface area (Å²) in [6, 6.07) is 20.8. The fraction of sp³-hybridized carbons (Fsp3) is 0.342. The average molecular weight is 1680 g/mol. The van der Waals surface area contributed by atoms with Gasteiger partial charge in [0.25, 0.3) is 45.9 Å². The Kier molecular flexibility index (Phi) is 32.8. The predicted molar refractivity (Wildman–Crippen MR) is 417 cm³/mol. The fourth-order valence-electron chi connectivity index (χ4n) is 11.2. The van der Waals surface area contributed by atoms with Gasteiger partial charge < -0.3 is 82.2 Å². The molecule has 0 fully saturated rings. The summed E-state index contributed by atoms with van der Waals surface area (Å²) < 4.78 is 37.1. The van der Waals surface area contributed by atoms with Crippen molar-refractivity contribution in [3.05, 3.63) is 207 Å². The molecule has 6 aromatic heterocycles. The second kappa shape index (κ2) is 38.5. The Bertz CT molecular complexity index is 4870. The number of hydrogen-bond acceptors (Lipinski definition) is 23. The standard InChI is InChI=1S/C27H31N5O6.C17H21N3O4.2C10H11BrN2O2.C7H7BrN2O2.2CH4.Li.H2O/c1-7-38-26(35)18-14-29-22(28-13-16-8-9-17(36-5)11-21(16)37-6)12-19(18)30-20-10-15(2)23-24(33)31-27(3,4)32(23)25(20)34;1-4-24-17(21)13-10-20-16(8-14(13)18)19-9-11-5-6-12(22-2)7-15(11)23-3;2*1-5-4-6(11)9(15)13-7(5)8(14)12-10(13,2)3;1-3-2-4(8)7(12)10-5(3)6(9)11;;;;/h8-12,14H,7,13H2,1-6H3,(H,31,33)(H2,28,29,30);5-8,10H,4,9H2,1-3H3,(H3,18,19,20);2*4H,1-3H3,(H,12,14);2H,1H3,(H2,9,11)(H,10,12);2*1H4;;1H2/q;;;;;;;+1;/p-1. The van der Waals surface area contributed by atoms with Crippen molar-refractivity contribution in [2.75, 3.05) is 63.3 Å². The predicted octanol–water partition coefficient (Wildman–Crippen LogP) is 7.36. The van der Waals surface area contributed by atoms with Crippen molar-refractivity contribution in [2.24, 2.45) is 5.73 Å². The van der Waals surface area contributed by atoms with Gasteiger partial charge in [-0.1, -0.05) is 14.9 Å². The summed E-state index contributed by atoms with van der Waals surface area (Å²) in [7, 11) is 6.36. The zero-order valence-electron chi connectivity index (χ0n) is 61.4. The molecule has 12 N–H and O–H groups in total. The van der Waals surface area contributed by atoms with Gasteiger partial charge in [0.2, 0.25) is 0 Å². The number of aryl methyl sites for hydroxylation is 4. The Balaban J connectivity index is 0.000000372. The molecule has 8 aromatic rings. The molecule has 0 atom stereocenters. The molecular weight excluding hydrogens is 1590 g/mol. The number of pyridine rings is 6. The van der Waals surface area contributed by atoms with Gasteiger partial charge >= 0.3 is 30.8 Å². The Morgan fingerprint density at radius 2 is 0.898 bits per heavy atom. The van der Waals surface area contributed by atoms with Crippen molar-refractivity contribution < 1.29 is 81.5 Å². The number of amides is 4. The number of carbonyl (C=O) groups is 6. The third-order valence-electron chi connectivity index (χ3n) is 16.1. The molecule has 0 bridgehead atoms. The third-order valence-corrected chi connectivity index (χ3v) is 17.8. The summed E-state index contributed by atoms with van der Waals surface area (Å²) in [6.45, 7) is 22.6. The van der Waals surface area contributed by atoms with Crippen LogP contribution in [0, 0.1) is 27.7 Å². The molecule has 11 rings (SSSR count). The summed E-state index contributed by atoms with van der Waals surface area (Å²) in [5, 5.41) is 17.8. The number of hydrogen-bond donors (Lipinski definition) is 9. The molecule has 0 spiro atoms. The van der Waals surface area contributed by atoms with E-state index in [9.17, 15) is 47.9 Å². The van der Waals surface area contributed by atoms with E-state index in [1.165, 1.54) is 26.1 Å². The minimum atomic E-state index is -0.904. The number of carbonyl (C=O) groups excluding carboxylic acids is 6. The van der Waals surface area contributed by atoms with Crippen LogP contribution in [0.1, 0.15) is 166 Å². The number of halogens is 3. The second-order valence-corrected chi connectivity index (χ2v) is 27.4. The molecule has 0 saturated heterocycles. The smallest absolute Gasteiger partial charge is 0.870 e. The van der Waals surface area contributed by atoms with Crippen LogP contribution < -0.4 is 103 Å². The average Bonchev–Trinajstić information content (AvgIpc) is 1.48. The van der Waals surface area contributed by atoms with Crippen LogP contribution in [0.15, 0.2) is 118 Å². The number of ether oxygens (including phenoxy) is 6. The maximum atomic E-state index is 13.4. The van der Waals surface area contributed by atoms with Crippen LogP contribution in [-0.2, 0) is 39.6 Å². The molecule has 3 aliphatic heterocycles. The Morgan fingerprint density at radius 1 is 0.519 bits per heavy atom. The van der Waals surface area contributed by atoms with Crippen molar-refractivity contribution in [1.82, 2.24) is 44.6 Å². The first kappa shape index (κ1) is 92.0. The van der Waals surface area contributed by atoms with Gasteiger partial charge in [0.1, 0.15) is 91.2 Å². The normalized spacial score (nSPS) is 12.9. The Hall–Kier alpha value is -10.2. The summed E-state index contributed by atoms with van der Waals surface area (Å²) in [5.74, 6) is 1.36. The molecule has 0 saturated carbocycles. The van der Waals surface area contributed by atoms with Gasteiger partial charge in [-0.25, -0.2) is 19.6 Å². The number of nitrogens with two attached hydrogens (primary N) is 2. The number of esters is 2. The SMILES string of the molecule is C.C.CCOC(=O)c1cnc(NCc2ccc(OC)cc2OC)cc1N.CCOC(=O)c1cnc(NCc2ccc(OC)cc2OC)cc1Nc1cc(C)c2n(c1=O)C(C)(C)NC2=O.Cc1cc(Br)c(=O)[nH]c1C(N)=O.Cc1cc(Br)c(=O)n2c1C(=O)NC2(C)C.Cc1cc(Br)c(=O)n2c1C(=O)NC2(C)C.[Li+].[OH-]. The van der Waals surface area contributed by atoms with Crippen molar-refractivity contribution in [2.45, 2.75) is 128 Å². The fourth-order valence-corrected chi connectivity index (χ4v) is 12.7. The first-order valence-corrected chi connectivity index (χ1v) is 34.3. The van der Waals surface area contributed by atoms with E-state index in [0.717, 1.165) is 28.0 Å². The van der Waals surface area contributed by atoms with Gasteiger partial charge in [0.05, 0.1) is 66.4 Å². The van der Waals surface area contributed by atoms with Crippen LogP contribution in [0.4, 0.5) is 28.7 Å². The van der Waals surface area contributed by atoms with Gasteiger partial charge in [-0.05, 0) is 202 Å².